The highest BCUT2D eigenvalue weighted by Crippen LogP contribution is 2.51. The number of fused-ring (bicyclic) bond motifs is 8. The van der Waals surface area contributed by atoms with Gasteiger partial charge < -0.3 is 0 Å². The Balaban J connectivity index is 1.02. The van der Waals surface area contributed by atoms with Gasteiger partial charge in [-0.2, -0.15) is 0 Å². The average molecular weight is 749 g/mol. The van der Waals surface area contributed by atoms with Gasteiger partial charge in [-0.25, -0.2) is 0 Å². The first-order valence-electron chi connectivity index (χ1n) is 20.7. The lowest BCUT2D eigenvalue weighted by atomic mass is 9.81. The molecule has 0 saturated heterocycles. The lowest BCUT2D eigenvalue weighted by Gasteiger charge is -2.22. The summed E-state index contributed by atoms with van der Waals surface area (Å²) >= 11 is 0. The Kier molecular flexibility index (Phi) is 7.38. The fourth-order valence-corrected chi connectivity index (χ4v) is 10.1. The van der Waals surface area contributed by atoms with Crippen LogP contribution in [0, 0.1) is 0 Å². The maximum absolute atomic E-state index is 2.44. The molecule has 1 aliphatic carbocycles. The molecule has 0 heterocycles. The molecule has 0 heteroatoms. The van der Waals surface area contributed by atoms with Crippen LogP contribution in [0.5, 0.6) is 0 Å². The summed E-state index contributed by atoms with van der Waals surface area (Å²) in [5.74, 6) is 0. The van der Waals surface area contributed by atoms with E-state index >= 15 is 0 Å². The van der Waals surface area contributed by atoms with Gasteiger partial charge in [0.05, 0.1) is 0 Å². The van der Waals surface area contributed by atoms with Crippen molar-refractivity contribution in [3.63, 3.8) is 0 Å². The van der Waals surface area contributed by atoms with E-state index in [1.165, 1.54) is 121 Å². The summed E-state index contributed by atoms with van der Waals surface area (Å²) in [7, 11) is 0. The Morgan fingerprint density at radius 3 is 1.25 bits per heavy atom. The number of hydrogen-bond acceptors (Lipinski definition) is 0. The Bertz CT molecular complexity index is 3510. The molecule has 11 aromatic rings. The molecule has 0 radical (unpaired) electrons. The molecule has 11 aromatic carbocycles. The van der Waals surface area contributed by atoms with Crippen LogP contribution in [-0.2, 0) is 5.41 Å². The Morgan fingerprint density at radius 1 is 0.254 bits per heavy atom. The van der Waals surface area contributed by atoms with Gasteiger partial charge in [0.1, 0.15) is 0 Å². The van der Waals surface area contributed by atoms with Crippen molar-refractivity contribution in [3.8, 4) is 55.6 Å². The second-order valence-electron chi connectivity index (χ2n) is 16.9. The average Bonchev–Trinajstić information content (AvgIpc) is 3.51. The molecule has 59 heavy (non-hydrogen) atoms. The molecule has 0 fully saturated rings. The van der Waals surface area contributed by atoms with E-state index in [-0.39, 0.29) is 5.41 Å². The lowest BCUT2D eigenvalue weighted by molar-refractivity contribution is 0.661. The predicted octanol–water partition coefficient (Wildman–Crippen LogP) is 16.4. The van der Waals surface area contributed by atoms with Gasteiger partial charge in [0.25, 0.3) is 0 Å². The predicted molar refractivity (Wildman–Crippen MR) is 253 cm³/mol. The van der Waals surface area contributed by atoms with E-state index in [1.54, 1.807) is 0 Å². The molecule has 0 nitrogen and oxygen atoms in total. The molecular weight excluding hydrogens is 709 g/mol. The molecular formula is C59H40. The first-order chi connectivity index (χ1) is 29.0. The Labute approximate surface area is 344 Å². The summed E-state index contributed by atoms with van der Waals surface area (Å²) in [6.45, 7) is 4.73. The van der Waals surface area contributed by atoms with Crippen LogP contribution in [-0.4, -0.2) is 0 Å². The van der Waals surface area contributed by atoms with Crippen molar-refractivity contribution in [1.29, 1.82) is 0 Å². The van der Waals surface area contributed by atoms with Crippen LogP contribution in [0.25, 0.3) is 109 Å². The van der Waals surface area contributed by atoms with Gasteiger partial charge in [0.15, 0.2) is 0 Å². The number of benzene rings is 11. The van der Waals surface area contributed by atoms with E-state index in [2.05, 4.69) is 220 Å². The van der Waals surface area contributed by atoms with Gasteiger partial charge >= 0.3 is 0 Å². The van der Waals surface area contributed by atoms with Crippen LogP contribution in [0.1, 0.15) is 25.0 Å². The van der Waals surface area contributed by atoms with E-state index in [0.717, 1.165) is 0 Å². The van der Waals surface area contributed by atoms with Crippen molar-refractivity contribution in [2.75, 3.05) is 0 Å². The van der Waals surface area contributed by atoms with Crippen molar-refractivity contribution in [2.24, 2.45) is 0 Å². The second kappa shape index (κ2) is 12.9. The van der Waals surface area contributed by atoms with Gasteiger partial charge in [-0.05, 0) is 157 Å². The molecule has 0 atom stereocenters. The van der Waals surface area contributed by atoms with Crippen LogP contribution < -0.4 is 0 Å². The molecule has 0 unspecified atom stereocenters. The smallest absolute Gasteiger partial charge is 0.0159 e. The van der Waals surface area contributed by atoms with Gasteiger partial charge in [0.2, 0.25) is 0 Å². The van der Waals surface area contributed by atoms with Crippen molar-refractivity contribution in [1.82, 2.24) is 0 Å². The van der Waals surface area contributed by atoms with Crippen molar-refractivity contribution < 1.29 is 0 Å². The van der Waals surface area contributed by atoms with Crippen molar-refractivity contribution >= 4 is 53.9 Å². The summed E-state index contributed by atoms with van der Waals surface area (Å²) in [6, 6.07) is 77.1. The summed E-state index contributed by atoms with van der Waals surface area (Å²) in [6.07, 6.45) is 0. The molecule has 0 aromatic heterocycles. The van der Waals surface area contributed by atoms with E-state index in [4.69, 9.17) is 0 Å². The first-order valence-corrected chi connectivity index (χ1v) is 20.7. The molecule has 0 spiro atoms. The molecule has 0 bridgehead atoms. The van der Waals surface area contributed by atoms with Gasteiger partial charge in [-0.3, -0.25) is 0 Å². The van der Waals surface area contributed by atoms with Crippen LogP contribution in [0.4, 0.5) is 0 Å². The minimum Gasteiger partial charge on any atom is -0.0616 e. The molecule has 0 N–H and O–H groups in total. The monoisotopic (exact) mass is 748 g/mol. The fraction of sp³-hybridized carbons (Fsp3) is 0.0508. The quantitative estimate of drug-likeness (QED) is 0.157. The zero-order chi connectivity index (χ0) is 39.2. The SMILES string of the molecule is CC1(C)c2ccc(-c3ccc(-c4ccc5c(-c6ccc7ccccc7c6)c6ccccc6c(-c6ccc7ccccc7c6)c5c4)cc3)cc2-c2cc3ccccc3cc21. The van der Waals surface area contributed by atoms with E-state index < -0.39 is 0 Å². The van der Waals surface area contributed by atoms with Gasteiger partial charge in [-0.15, -0.1) is 0 Å². The topological polar surface area (TPSA) is 0 Å². The summed E-state index contributed by atoms with van der Waals surface area (Å²) < 4.78 is 0. The van der Waals surface area contributed by atoms with Crippen molar-refractivity contribution in [2.45, 2.75) is 19.3 Å². The third-order valence-corrected chi connectivity index (χ3v) is 13.2. The zero-order valence-corrected chi connectivity index (χ0v) is 33.1. The van der Waals surface area contributed by atoms with Crippen LogP contribution in [0.2, 0.25) is 0 Å². The van der Waals surface area contributed by atoms with Crippen molar-refractivity contribution in [3.05, 3.63) is 217 Å². The van der Waals surface area contributed by atoms with Crippen LogP contribution in [0.3, 0.4) is 0 Å². The molecule has 1 aliphatic rings. The molecule has 12 rings (SSSR count). The summed E-state index contributed by atoms with van der Waals surface area (Å²) in [4.78, 5) is 0. The summed E-state index contributed by atoms with van der Waals surface area (Å²) in [5.41, 5.74) is 15.4. The highest BCUT2D eigenvalue weighted by molar-refractivity contribution is 6.22. The summed E-state index contributed by atoms with van der Waals surface area (Å²) in [5, 5.41) is 12.7. The molecule has 276 valence electrons. The number of rotatable bonds is 4. The van der Waals surface area contributed by atoms with Gasteiger partial charge in [-0.1, -0.05) is 184 Å². The van der Waals surface area contributed by atoms with E-state index in [9.17, 15) is 0 Å². The normalized spacial score (nSPS) is 13.1. The minimum absolute atomic E-state index is 0.0433. The highest BCUT2D eigenvalue weighted by atomic mass is 14.4. The Morgan fingerprint density at radius 2 is 0.661 bits per heavy atom. The highest BCUT2D eigenvalue weighted by Gasteiger charge is 2.35. The number of hydrogen-bond donors (Lipinski definition) is 0. The molecule has 0 aliphatic heterocycles. The lowest BCUT2D eigenvalue weighted by Crippen LogP contribution is -2.14. The standard InChI is InChI=1S/C59H40/c1-59(2)55-30-28-46(34-52(55)53-33-43-15-7-8-16-44(43)36-56(53)59)40-21-19-39(20-22-40)45-27-29-51-54(35-45)58(48-26-24-38-12-4-6-14-42(38)32-48)50-18-10-9-17-49(50)57(51)47-25-23-37-11-3-5-13-41(37)31-47/h3-36H,1-2H3. The fourth-order valence-electron chi connectivity index (χ4n) is 10.1. The molecule has 0 amide bonds. The van der Waals surface area contributed by atoms with E-state index in [1.807, 2.05) is 0 Å². The first kappa shape index (κ1) is 33.8. The largest absolute Gasteiger partial charge is 0.0616 e. The van der Waals surface area contributed by atoms with Crippen LogP contribution >= 0.6 is 0 Å². The van der Waals surface area contributed by atoms with E-state index in [0.29, 0.717) is 0 Å². The third-order valence-electron chi connectivity index (χ3n) is 13.2. The van der Waals surface area contributed by atoms with Crippen LogP contribution in [0.15, 0.2) is 206 Å². The third kappa shape index (κ3) is 5.30. The van der Waals surface area contributed by atoms with Gasteiger partial charge in [0, 0.05) is 5.41 Å². The zero-order valence-electron chi connectivity index (χ0n) is 33.1. The maximum atomic E-state index is 2.44. The minimum atomic E-state index is -0.0433. The Hall–Kier alpha value is -7.28. The second-order valence-corrected chi connectivity index (χ2v) is 16.9. The molecule has 0 saturated carbocycles. The maximum Gasteiger partial charge on any atom is 0.0159 e.